The average Bonchev–Trinajstić information content (AvgIpc) is 2.72. The molecule has 0 atom stereocenters. The maximum atomic E-state index is 6.15. The van der Waals surface area contributed by atoms with E-state index in [2.05, 4.69) is 43.8 Å². The van der Waals surface area contributed by atoms with Crippen LogP contribution in [0, 0.1) is 27.7 Å². The molecule has 7 heteroatoms. The summed E-state index contributed by atoms with van der Waals surface area (Å²) in [5.74, 6) is 1.76. The van der Waals surface area contributed by atoms with Gasteiger partial charge in [0.05, 0.1) is 5.69 Å². The third-order valence-corrected chi connectivity index (χ3v) is 5.91. The molecule has 0 saturated carbocycles. The molecule has 0 amide bonds. The van der Waals surface area contributed by atoms with Crippen LogP contribution in [-0.4, -0.2) is 46.3 Å². The lowest BCUT2D eigenvalue weighted by Gasteiger charge is -2.36. The molecule has 0 bridgehead atoms. The van der Waals surface area contributed by atoms with E-state index in [1.54, 1.807) is 0 Å². The van der Waals surface area contributed by atoms with Crippen molar-refractivity contribution in [1.82, 2.24) is 20.2 Å². The Morgan fingerprint density at radius 3 is 2.31 bits per heavy atom. The third-order valence-electron chi connectivity index (χ3n) is 5.67. The van der Waals surface area contributed by atoms with E-state index in [1.807, 2.05) is 44.3 Å². The van der Waals surface area contributed by atoms with Gasteiger partial charge in [0.2, 0.25) is 5.95 Å². The van der Waals surface area contributed by atoms with Gasteiger partial charge in [0.1, 0.15) is 0 Å². The SMILES string of the molecule is Cc1cnc(N2CCN(c3nnc(-c4cccc(Cl)c4)c(C)c3C)CC2)nc1C. The average molecular weight is 409 g/mol. The summed E-state index contributed by atoms with van der Waals surface area (Å²) >= 11 is 6.15. The van der Waals surface area contributed by atoms with Gasteiger partial charge in [0, 0.05) is 48.7 Å². The third kappa shape index (κ3) is 3.90. The van der Waals surface area contributed by atoms with Gasteiger partial charge in [-0.2, -0.15) is 0 Å². The maximum Gasteiger partial charge on any atom is 0.225 e. The Morgan fingerprint density at radius 1 is 0.897 bits per heavy atom. The molecule has 1 saturated heterocycles. The number of aromatic nitrogens is 4. The van der Waals surface area contributed by atoms with Crippen molar-refractivity contribution >= 4 is 23.4 Å². The molecule has 0 aliphatic carbocycles. The first-order valence-electron chi connectivity index (χ1n) is 9.84. The molecule has 0 N–H and O–H groups in total. The van der Waals surface area contributed by atoms with Crippen LogP contribution in [-0.2, 0) is 0 Å². The molecule has 4 rings (SSSR count). The second kappa shape index (κ2) is 7.95. The highest BCUT2D eigenvalue weighted by Gasteiger charge is 2.23. The van der Waals surface area contributed by atoms with Crippen LogP contribution in [0.5, 0.6) is 0 Å². The number of nitrogens with zero attached hydrogens (tertiary/aromatic N) is 6. The first-order chi connectivity index (χ1) is 13.9. The summed E-state index contributed by atoms with van der Waals surface area (Å²) in [5, 5.41) is 9.81. The Balaban J connectivity index is 1.53. The molecule has 0 spiro atoms. The lowest BCUT2D eigenvalue weighted by atomic mass is 10.0. The summed E-state index contributed by atoms with van der Waals surface area (Å²) in [6.07, 6.45) is 1.90. The zero-order valence-electron chi connectivity index (χ0n) is 17.3. The van der Waals surface area contributed by atoms with Crippen LogP contribution in [0.2, 0.25) is 5.02 Å². The van der Waals surface area contributed by atoms with E-state index in [9.17, 15) is 0 Å². The number of aryl methyl sites for hydroxylation is 2. The molecule has 3 aromatic rings. The van der Waals surface area contributed by atoms with E-state index in [4.69, 9.17) is 11.6 Å². The van der Waals surface area contributed by atoms with Gasteiger partial charge in [-0.3, -0.25) is 0 Å². The lowest BCUT2D eigenvalue weighted by molar-refractivity contribution is 0.628. The van der Waals surface area contributed by atoms with E-state index in [1.165, 1.54) is 0 Å². The fraction of sp³-hybridized carbons (Fsp3) is 0.364. The summed E-state index contributed by atoms with van der Waals surface area (Å²) in [5.41, 5.74) is 6.33. The molecule has 1 aliphatic rings. The number of benzene rings is 1. The summed E-state index contributed by atoms with van der Waals surface area (Å²) < 4.78 is 0. The van der Waals surface area contributed by atoms with E-state index in [0.717, 1.165) is 71.6 Å². The van der Waals surface area contributed by atoms with Gasteiger partial charge in [0.15, 0.2) is 5.82 Å². The van der Waals surface area contributed by atoms with Gasteiger partial charge in [-0.05, 0) is 56.5 Å². The normalized spacial score (nSPS) is 14.4. The van der Waals surface area contributed by atoms with Gasteiger partial charge in [-0.15, -0.1) is 10.2 Å². The lowest BCUT2D eigenvalue weighted by Crippen LogP contribution is -2.47. The second-order valence-corrected chi connectivity index (χ2v) is 7.98. The number of hydrogen-bond donors (Lipinski definition) is 0. The van der Waals surface area contributed by atoms with Crippen molar-refractivity contribution in [2.75, 3.05) is 36.0 Å². The fourth-order valence-electron chi connectivity index (χ4n) is 3.59. The number of anilines is 2. The van der Waals surface area contributed by atoms with Crippen LogP contribution in [0.25, 0.3) is 11.3 Å². The molecule has 1 aliphatic heterocycles. The Labute approximate surface area is 176 Å². The molecular formula is C22H25ClN6. The largest absolute Gasteiger partial charge is 0.351 e. The highest BCUT2D eigenvalue weighted by Crippen LogP contribution is 2.29. The first-order valence-corrected chi connectivity index (χ1v) is 10.2. The molecule has 1 aromatic carbocycles. The van der Waals surface area contributed by atoms with Gasteiger partial charge in [-0.1, -0.05) is 23.7 Å². The van der Waals surface area contributed by atoms with E-state index >= 15 is 0 Å². The standard InChI is InChI=1S/C22H25ClN6/c1-14-13-24-22(25-17(14)4)29-10-8-28(9-11-29)21-16(3)15(2)20(26-27-21)18-6-5-7-19(23)12-18/h5-7,12-13H,8-11H2,1-4H3. The van der Waals surface area contributed by atoms with Crippen molar-refractivity contribution in [2.24, 2.45) is 0 Å². The van der Waals surface area contributed by atoms with Crippen molar-refractivity contribution in [1.29, 1.82) is 0 Å². The Kier molecular flexibility index (Phi) is 5.37. The maximum absolute atomic E-state index is 6.15. The van der Waals surface area contributed by atoms with Crippen LogP contribution >= 0.6 is 11.6 Å². The van der Waals surface area contributed by atoms with Crippen LogP contribution in [0.3, 0.4) is 0 Å². The molecule has 0 unspecified atom stereocenters. The zero-order chi connectivity index (χ0) is 20.5. The van der Waals surface area contributed by atoms with Gasteiger partial charge >= 0.3 is 0 Å². The smallest absolute Gasteiger partial charge is 0.225 e. The molecule has 6 nitrogen and oxygen atoms in total. The number of piperazine rings is 1. The minimum Gasteiger partial charge on any atom is -0.351 e. The number of hydrogen-bond acceptors (Lipinski definition) is 6. The molecule has 3 heterocycles. The predicted molar refractivity (Wildman–Crippen MR) is 118 cm³/mol. The summed E-state index contributed by atoms with van der Waals surface area (Å²) in [6, 6.07) is 7.76. The topological polar surface area (TPSA) is 58.0 Å². The minimum absolute atomic E-state index is 0.704. The molecule has 2 aromatic heterocycles. The van der Waals surface area contributed by atoms with Gasteiger partial charge in [-0.25, -0.2) is 9.97 Å². The van der Waals surface area contributed by atoms with Crippen molar-refractivity contribution in [3.8, 4) is 11.3 Å². The van der Waals surface area contributed by atoms with Crippen molar-refractivity contribution in [2.45, 2.75) is 27.7 Å². The Morgan fingerprint density at radius 2 is 1.62 bits per heavy atom. The van der Waals surface area contributed by atoms with E-state index < -0.39 is 0 Å². The fourth-order valence-corrected chi connectivity index (χ4v) is 3.78. The van der Waals surface area contributed by atoms with Crippen LogP contribution < -0.4 is 9.80 Å². The van der Waals surface area contributed by atoms with Crippen LogP contribution in [0.1, 0.15) is 22.4 Å². The monoisotopic (exact) mass is 408 g/mol. The van der Waals surface area contributed by atoms with Crippen molar-refractivity contribution in [3.63, 3.8) is 0 Å². The second-order valence-electron chi connectivity index (χ2n) is 7.55. The predicted octanol–water partition coefficient (Wildman–Crippen LogP) is 4.15. The minimum atomic E-state index is 0.704. The highest BCUT2D eigenvalue weighted by atomic mass is 35.5. The molecular weight excluding hydrogens is 384 g/mol. The van der Waals surface area contributed by atoms with E-state index in [-0.39, 0.29) is 0 Å². The molecule has 29 heavy (non-hydrogen) atoms. The summed E-state index contributed by atoms with van der Waals surface area (Å²) in [6.45, 7) is 11.7. The quantitative estimate of drug-likeness (QED) is 0.649. The Hall–Kier alpha value is -2.73. The van der Waals surface area contributed by atoms with Gasteiger partial charge in [0.25, 0.3) is 0 Å². The highest BCUT2D eigenvalue weighted by molar-refractivity contribution is 6.30. The number of halogens is 1. The van der Waals surface area contributed by atoms with Crippen molar-refractivity contribution < 1.29 is 0 Å². The Bertz CT molecular complexity index is 1040. The molecule has 1 fully saturated rings. The molecule has 150 valence electrons. The molecule has 0 radical (unpaired) electrons. The van der Waals surface area contributed by atoms with Gasteiger partial charge < -0.3 is 9.80 Å². The van der Waals surface area contributed by atoms with Crippen LogP contribution in [0.15, 0.2) is 30.5 Å². The van der Waals surface area contributed by atoms with Crippen LogP contribution in [0.4, 0.5) is 11.8 Å². The summed E-state index contributed by atoms with van der Waals surface area (Å²) in [7, 11) is 0. The first kappa shape index (κ1) is 19.6. The van der Waals surface area contributed by atoms with Crippen molar-refractivity contribution in [3.05, 3.63) is 57.9 Å². The summed E-state index contributed by atoms with van der Waals surface area (Å²) in [4.78, 5) is 13.7. The zero-order valence-corrected chi connectivity index (χ0v) is 18.0. The van der Waals surface area contributed by atoms with E-state index in [0.29, 0.717) is 5.02 Å². The number of rotatable bonds is 3.